The SMILES string of the molecule is c1cc2cc(N3CCOCC3)ccc2cc1C1OCCO1. The third-order valence-electron chi connectivity index (χ3n) is 4.12. The highest BCUT2D eigenvalue weighted by atomic mass is 16.7. The molecule has 2 aromatic carbocycles. The second-order valence-electron chi connectivity index (χ2n) is 5.46. The lowest BCUT2D eigenvalue weighted by atomic mass is 10.1. The Balaban J connectivity index is 1.64. The van der Waals surface area contributed by atoms with Gasteiger partial charge in [-0.3, -0.25) is 0 Å². The molecule has 4 heteroatoms. The van der Waals surface area contributed by atoms with E-state index in [0.29, 0.717) is 13.2 Å². The molecule has 0 bridgehead atoms. The molecule has 0 radical (unpaired) electrons. The van der Waals surface area contributed by atoms with Crippen LogP contribution in [-0.4, -0.2) is 39.5 Å². The minimum Gasteiger partial charge on any atom is -0.378 e. The lowest BCUT2D eigenvalue weighted by molar-refractivity contribution is -0.0440. The van der Waals surface area contributed by atoms with Gasteiger partial charge in [0, 0.05) is 24.3 Å². The normalized spacial score (nSPS) is 20.3. The molecular formula is C17H19NO3. The van der Waals surface area contributed by atoms with E-state index in [-0.39, 0.29) is 6.29 Å². The first-order chi connectivity index (χ1) is 10.4. The summed E-state index contributed by atoms with van der Waals surface area (Å²) in [5.74, 6) is 0. The van der Waals surface area contributed by atoms with Gasteiger partial charge in [-0.2, -0.15) is 0 Å². The van der Waals surface area contributed by atoms with Crippen LogP contribution < -0.4 is 4.90 Å². The van der Waals surface area contributed by atoms with Crippen molar-refractivity contribution in [1.29, 1.82) is 0 Å². The standard InChI is InChI=1S/C17H19NO3/c1-2-15(17-20-9-10-21-17)11-13-3-4-16(12-14(1)13)18-5-7-19-8-6-18/h1-4,11-12,17H,5-10H2. The first kappa shape index (κ1) is 13.1. The van der Waals surface area contributed by atoms with E-state index in [1.165, 1.54) is 16.5 Å². The third kappa shape index (κ3) is 2.62. The van der Waals surface area contributed by atoms with Gasteiger partial charge in [0.2, 0.25) is 0 Å². The predicted molar refractivity (Wildman–Crippen MR) is 81.6 cm³/mol. The molecule has 0 saturated carbocycles. The van der Waals surface area contributed by atoms with E-state index in [9.17, 15) is 0 Å². The molecule has 2 saturated heterocycles. The Labute approximate surface area is 124 Å². The number of rotatable bonds is 2. The quantitative estimate of drug-likeness (QED) is 0.849. The highest BCUT2D eigenvalue weighted by molar-refractivity contribution is 5.86. The minimum absolute atomic E-state index is 0.201. The van der Waals surface area contributed by atoms with Gasteiger partial charge < -0.3 is 19.1 Å². The smallest absolute Gasteiger partial charge is 0.184 e. The zero-order chi connectivity index (χ0) is 14.1. The Bertz CT molecular complexity index is 631. The fourth-order valence-corrected chi connectivity index (χ4v) is 2.97. The molecule has 0 N–H and O–H groups in total. The van der Waals surface area contributed by atoms with Crippen LogP contribution in [0.1, 0.15) is 11.9 Å². The van der Waals surface area contributed by atoms with Crippen LogP contribution in [0.2, 0.25) is 0 Å². The number of morpholine rings is 1. The molecular weight excluding hydrogens is 266 g/mol. The van der Waals surface area contributed by atoms with Crippen LogP contribution in [0, 0.1) is 0 Å². The van der Waals surface area contributed by atoms with E-state index in [1.807, 2.05) is 0 Å². The predicted octanol–water partition coefficient (Wildman–Crippen LogP) is 2.72. The Morgan fingerprint density at radius 2 is 1.52 bits per heavy atom. The van der Waals surface area contributed by atoms with Crippen molar-refractivity contribution in [3.63, 3.8) is 0 Å². The van der Waals surface area contributed by atoms with E-state index >= 15 is 0 Å². The van der Waals surface area contributed by atoms with E-state index in [4.69, 9.17) is 14.2 Å². The summed E-state index contributed by atoms with van der Waals surface area (Å²) < 4.78 is 16.5. The van der Waals surface area contributed by atoms with Crippen molar-refractivity contribution in [3.8, 4) is 0 Å². The minimum atomic E-state index is -0.201. The Hall–Kier alpha value is -1.62. The second-order valence-corrected chi connectivity index (χ2v) is 5.46. The molecule has 0 atom stereocenters. The summed E-state index contributed by atoms with van der Waals surface area (Å²) in [7, 11) is 0. The van der Waals surface area contributed by atoms with Gasteiger partial charge >= 0.3 is 0 Å². The molecule has 2 fully saturated rings. The molecule has 0 spiro atoms. The van der Waals surface area contributed by atoms with Crippen LogP contribution in [0.4, 0.5) is 5.69 Å². The summed E-state index contributed by atoms with van der Waals surface area (Å²) in [6, 6.07) is 13.0. The molecule has 2 heterocycles. The van der Waals surface area contributed by atoms with Crippen LogP contribution in [0.25, 0.3) is 10.8 Å². The topological polar surface area (TPSA) is 30.9 Å². The van der Waals surface area contributed by atoms with Gasteiger partial charge in [-0.1, -0.05) is 18.2 Å². The molecule has 0 aromatic heterocycles. The van der Waals surface area contributed by atoms with Gasteiger partial charge in [-0.15, -0.1) is 0 Å². The number of ether oxygens (including phenoxy) is 3. The summed E-state index contributed by atoms with van der Waals surface area (Å²) in [5.41, 5.74) is 2.37. The summed E-state index contributed by atoms with van der Waals surface area (Å²) in [4.78, 5) is 2.38. The third-order valence-corrected chi connectivity index (χ3v) is 4.12. The number of hydrogen-bond donors (Lipinski definition) is 0. The maximum atomic E-state index is 5.56. The summed E-state index contributed by atoms with van der Waals surface area (Å²) in [5, 5.41) is 2.48. The zero-order valence-electron chi connectivity index (χ0n) is 12.0. The molecule has 2 aliphatic rings. The van der Waals surface area contributed by atoms with Crippen molar-refractivity contribution in [2.45, 2.75) is 6.29 Å². The van der Waals surface area contributed by atoms with Gasteiger partial charge in [-0.05, 0) is 29.0 Å². The van der Waals surface area contributed by atoms with E-state index in [2.05, 4.69) is 41.3 Å². The molecule has 2 aliphatic heterocycles. The molecule has 21 heavy (non-hydrogen) atoms. The van der Waals surface area contributed by atoms with Crippen LogP contribution in [0.5, 0.6) is 0 Å². The maximum Gasteiger partial charge on any atom is 0.184 e. The Morgan fingerprint density at radius 3 is 2.33 bits per heavy atom. The molecule has 110 valence electrons. The second kappa shape index (κ2) is 5.64. The van der Waals surface area contributed by atoms with E-state index in [0.717, 1.165) is 31.9 Å². The van der Waals surface area contributed by atoms with Gasteiger partial charge in [0.1, 0.15) is 0 Å². The van der Waals surface area contributed by atoms with Crippen LogP contribution in [0.15, 0.2) is 36.4 Å². The number of fused-ring (bicyclic) bond motifs is 1. The average molecular weight is 285 g/mol. The summed E-state index contributed by atoms with van der Waals surface area (Å²) in [6.07, 6.45) is -0.201. The fraction of sp³-hybridized carbons (Fsp3) is 0.412. The van der Waals surface area contributed by atoms with Crippen molar-refractivity contribution < 1.29 is 14.2 Å². The highest BCUT2D eigenvalue weighted by Crippen LogP contribution is 2.28. The molecule has 4 rings (SSSR count). The Morgan fingerprint density at radius 1 is 0.810 bits per heavy atom. The molecule has 4 nitrogen and oxygen atoms in total. The van der Waals surface area contributed by atoms with E-state index < -0.39 is 0 Å². The summed E-state index contributed by atoms with van der Waals surface area (Å²) >= 11 is 0. The van der Waals surface area contributed by atoms with Crippen molar-refractivity contribution >= 4 is 16.5 Å². The lowest BCUT2D eigenvalue weighted by Crippen LogP contribution is -2.36. The first-order valence-electron chi connectivity index (χ1n) is 7.50. The van der Waals surface area contributed by atoms with Crippen molar-refractivity contribution in [2.24, 2.45) is 0 Å². The zero-order valence-corrected chi connectivity index (χ0v) is 12.0. The van der Waals surface area contributed by atoms with Crippen molar-refractivity contribution in [3.05, 3.63) is 42.0 Å². The van der Waals surface area contributed by atoms with Gasteiger partial charge in [-0.25, -0.2) is 0 Å². The van der Waals surface area contributed by atoms with Crippen LogP contribution in [0.3, 0.4) is 0 Å². The Kier molecular flexibility index (Phi) is 3.51. The van der Waals surface area contributed by atoms with Gasteiger partial charge in [0.05, 0.1) is 26.4 Å². The first-order valence-corrected chi connectivity index (χ1v) is 7.50. The summed E-state index contributed by atoms with van der Waals surface area (Å²) in [6.45, 7) is 4.92. The van der Waals surface area contributed by atoms with Gasteiger partial charge in [0.25, 0.3) is 0 Å². The average Bonchev–Trinajstić information content (AvgIpc) is 3.09. The van der Waals surface area contributed by atoms with E-state index in [1.54, 1.807) is 0 Å². The van der Waals surface area contributed by atoms with Crippen LogP contribution >= 0.6 is 0 Å². The van der Waals surface area contributed by atoms with Crippen molar-refractivity contribution in [2.75, 3.05) is 44.4 Å². The van der Waals surface area contributed by atoms with Gasteiger partial charge in [0.15, 0.2) is 6.29 Å². The number of anilines is 1. The lowest BCUT2D eigenvalue weighted by Gasteiger charge is -2.29. The highest BCUT2D eigenvalue weighted by Gasteiger charge is 2.18. The molecule has 0 unspecified atom stereocenters. The maximum absolute atomic E-state index is 5.56. The fourth-order valence-electron chi connectivity index (χ4n) is 2.97. The van der Waals surface area contributed by atoms with Crippen molar-refractivity contribution in [1.82, 2.24) is 0 Å². The molecule has 2 aromatic rings. The number of hydrogen-bond acceptors (Lipinski definition) is 4. The molecule has 0 amide bonds. The number of benzene rings is 2. The largest absolute Gasteiger partial charge is 0.378 e. The van der Waals surface area contributed by atoms with Crippen LogP contribution in [-0.2, 0) is 14.2 Å². The number of nitrogens with zero attached hydrogens (tertiary/aromatic N) is 1. The molecule has 0 aliphatic carbocycles. The monoisotopic (exact) mass is 285 g/mol.